The smallest absolute Gasteiger partial charge is 0.250 e. The van der Waals surface area contributed by atoms with Gasteiger partial charge in [-0.25, -0.2) is 5.01 Å². The van der Waals surface area contributed by atoms with Gasteiger partial charge in [-0.3, -0.25) is 10.2 Å². The van der Waals surface area contributed by atoms with Crippen molar-refractivity contribution in [2.24, 2.45) is 0 Å². The summed E-state index contributed by atoms with van der Waals surface area (Å²) in [6.45, 7) is 2.49. The molecule has 0 aromatic carbocycles. The Morgan fingerprint density at radius 1 is 1.54 bits per heavy atom. The van der Waals surface area contributed by atoms with Gasteiger partial charge in [-0.05, 0) is 6.92 Å². The van der Waals surface area contributed by atoms with Crippen molar-refractivity contribution in [3.05, 3.63) is 0 Å². The van der Waals surface area contributed by atoms with Crippen LogP contribution in [-0.2, 0) is 14.3 Å². The van der Waals surface area contributed by atoms with Gasteiger partial charge in [0.05, 0.1) is 6.54 Å². The number of methoxy groups -OCH3 is 2. The van der Waals surface area contributed by atoms with Crippen molar-refractivity contribution in [3.8, 4) is 0 Å². The maximum Gasteiger partial charge on any atom is 0.250 e. The van der Waals surface area contributed by atoms with Gasteiger partial charge in [0.25, 0.3) is 0 Å². The predicted octanol–water partition coefficient (Wildman–Crippen LogP) is -0.269. The summed E-state index contributed by atoms with van der Waals surface area (Å²) in [4.78, 5) is 10.6. The Morgan fingerprint density at radius 2 is 2.08 bits per heavy atom. The maximum atomic E-state index is 10.6. The highest BCUT2D eigenvalue weighted by molar-refractivity contribution is 5.82. The fraction of sp³-hybridized carbons (Fsp3) is 0.875. The van der Waals surface area contributed by atoms with E-state index in [2.05, 4.69) is 5.43 Å². The summed E-state index contributed by atoms with van der Waals surface area (Å²) in [5, 5.41) is 1.87. The van der Waals surface area contributed by atoms with Crippen molar-refractivity contribution >= 4 is 5.91 Å². The molecule has 1 aliphatic heterocycles. The van der Waals surface area contributed by atoms with Crippen LogP contribution in [0.3, 0.4) is 0 Å². The molecular weight excluding hydrogens is 172 g/mol. The highest BCUT2D eigenvalue weighted by Gasteiger charge is 2.28. The Bertz CT molecular complexity index is 174. The van der Waals surface area contributed by atoms with E-state index in [0.29, 0.717) is 6.54 Å². The highest BCUT2D eigenvalue weighted by Crippen LogP contribution is 2.10. The standard InChI is InChI=1S/C8H16N2O3/c1-6(4-8(12-2)13-3)10-5-7(11)9-10/h6,8H,4-5H2,1-3H3,(H,9,11). The molecule has 1 N–H and O–H groups in total. The summed E-state index contributed by atoms with van der Waals surface area (Å²) >= 11 is 0. The Morgan fingerprint density at radius 3 is 2.46 bits per heavy atom. The lowest BCUT2D eigenvalue weighted by atomic mass is 10.2. The molecule has 76 valence electrons. The van der Waals surface area contributed by atoms with Gasteiger partial charge in [0.1, 0.15) is 0 Å². The van der Waals surface area contributed by atoms with Crippen molar-refractivity contribution in [1.29, 1.82) is 0 Å². The van der Waals surface area contributed by atoms with Crippen LogP contribution in [0.5, 0.6) is 0 Å². The number of carbonyl (C=O) groups excluding carboxylic acids is 1. The van der Waals surface area contributed by atoms with Gasteiger partial charge < -0.3 is 9.47 Å². The molecule has 0 aromatic rings. The number of hydrazine groups is 1. The molecule has 1 unspecified atom stereocenters. The molecule has 0 saturated carbocycles. The average molecular weight is 188 g/mol. The van der Waals surface area contributed by atoms with Crippen LogP contribution in [0.15, 0.2) is 0 Å². The number of rotatable bonds is 5. The lowest BCUT2D eigenvalue weighted by Crippen LogP contribution is -2.62. The van der Waals surface area contributed by atoms with Crippen LogP contribution in [0, 0.1) is 0 Å². The summed E-state index contributed by atoms with van der Waals surface area (Å²) in [7, 11) is 3.21. The van der Waals surface area contributed by atoms with E-state index in [9.17, 15) is 4.79 Å². The zero-order chi connectivity index (χ0) is 9.84. The number of nitrogens with one attached hydrogen (secondary N) is 1. The first kappa shape index (κ1) is 10.4. The average Bonchev–Trinajstić information content (AvgIpc) is 2.08. The van der Waals surface area contributed by atoms with Crippen molar-refractivity contribution in [1.82, 2.24) is 10.4 Å². The number of hydrogen-bond donors (Lipinski definition) is 1. The van der Waals surface area contributed by atoms with Crippen LogP contribution in [0.25, 0.3) is 0 Å². The minimum Gasteiger partial charge on any atom is -0.356 e. The van der Waals surface area contributed by atoms with Crippen LogP contribution in [0.1, 0.15) is 13.3 Å². The number of amides is 1. The predicted molar refractivity (Wildman–Crippen MR) is 46.7 cm³/mol. The first-order valence-electron chi connectivity index (χ1n) is 4.29. The molecule has 0 radical (unpaired) electrons. The second-order valence-electron chi connectivity index (χ2n) is 3.15. The first-order valence-corrected chi connectivity index (χ1v) is 4.29. The third-order valence-corrected chi connectivity index (χ3v) is 2.17. The van der Waals surface area contributed by atoms with E-state index >= 15 is 0 Å². The Hall–Kier alpha value is -0.650. The molecule has 1 heterocycles. The minimum atomic E-state index is -0.201. The van der Waals surface area contributed by atoms with E-state index in [0.717, 1.165) is 6.42 Å². The van der Waals surface area contributed by atoms with Gasteiger partial charge in [-0.1, -0.05) is 0 Å². The molecule has 0 bridgehead atoms. The van der Waals surface area contributed by atoms with Crippen molar-refractivity contribution in [2.45, 2.75) is 25.7 Å². The summed E-state index contributed by atoms with van der Waals surface area (Å²) < 4.78 is 10.1. The largest absolute Gasteiger partial charge is 0.356 e. The van der Waals surface area contributed by atoms with Crippen molar-refractivity contribution in [2.75, 3.05) is 20.8 Å². The Labute approximate surface area is 78.0 Å². The molecule has 1 fully saturated rings. The molecule has 1 aliphatic rings. The van der Waals surface area contributed by atoms with Crippen LogP contribution in [0.2, 0.25) is 0 Å². The number of ether oxygens (including phenoxy) is 2. The number of hydrogen-bond acceptors (Lipinski definition) is 4. The zero-order valence-corrected chi connectivity index (χ0v) is 8.24. The molecule has 1 rings (SSSR count). The Balaban J connectivity index is 2.23. The molecule has 1 atom stereocenters. The Kier molecular flexibility index (Phi) is 3.65. The molecule has 13 heavy (non-hydrogen) atoms. The van der Waals surface area contributed by atoms with E-state index in [1.165, 1.54) is 0 Å². The second kappa shape index (κ2) is 4.55. The molecule has 0 aliphatic carbocycles. The fourth-order valence-electron chi connectivity index (χ4n) is 1.26. The van der Waals surface area contributed by atoms with Gasteiger partial charge in [0.15, 0.2) is 6.29 Å². The van der Waals surface area contributed by atoms with Gasteiger partial charge in [0.2, 0.25) is 5.91 Å². The summed E-state index contributed by atoms with van der Waals surface area (Å²) in [6.07, 6.45) is 0.542. The maximum absolute atomic E-state index is 10.6. The highest BCUT2D eigenvalue weighted by atomic mass is 16.7. The quantitative estimate of drug-likeness (QED) is 0.603. The van der Waals surface area contributed by atoms with Gasteiger partial charge in [0, 0.05) is 26.7 Å². The van der Waals surface area contributed by atoms with Crippen molar-refractivity contribution in [3.63, 3.8) is 0 Å². The molecular formula is C8H16N2O3. The van der Waals surface area contributed by atoms with Crippen LogP contribution >= 0.6 is 0 Å². The van der Waals surface area contributed by atoms with E-state index in [1.54, 1.807) is 14.2 Å². The monoisotopic (exact) mass is 188 g/mol. The number of nitrogens with zero attached hydrogens (tertiary/aromatic N) is 1. The minimum absolute atomic E-state index is 0.0678. The lowest BCUT2D eigenvalue weighted by molar-refractivity contribution is -0.149. The van der Waals surface area contributed by atoms with E-state index in [4.69, 9.17) is 9.47 Å². The molecule has 0 aromatic heterocycles. The van der Waals surface area contributed by atoms with Gasteiger partial charge in [-0.2, -0.15) is 0 Å². The van der Waals surface area contributed by atoms with Gasteiger partial charge >= 0.3 is 0 Å². The number of carbonyl (C=O) groups is 1. The second-order valence-corrected chi connectivity index (χ2v) is 3.15. The topological polar surface area (TPSA) is 50.8 Å². The SMILES string of the molecule is COC(CC(C)N1CC(=O)N1)OC. The van der Waals surface area contributed by atoms with E-state index < -0.39 is 0 Å². The normalized spacial score (nSPS) is 19.8. The zero-order valence-electron chi connectivity index (χ0n) is 8.24. The van der Waals surface area contributed by atoms with Crippen molar-refractivity contribution < 1.29 is 14.3 Å². The summed E-state index contributed by atoms with van der Waals surface area (Å²) in [5.41, 5.74) is 2.68. The van der Waals surface area contributed by atoms with Crippen LogP contribution in [0.4, 0.5) is 0 Å². The molecule has 1 saturated heterocycles. The van der Waals surface area contributed by atoms with E-state index in [1.807, 2.05) is 11.9 Å². The molecule has 5 nitrogen and oxygen atoms in total. The molecule has 0 spiro atoms. The molecule has 1 amide bonds. The van der Waals surface area contributed by atoms with Crippen LogP contribution < -0.4 is 5.43 Å². The lowest BCUT2D eigenvalue weighted by Gasteiger charge is -2.37. The third kappa shape index (κ3) is 2.65. The first-order chi connectivity index (χ1) is 6.17. The summed E-state index contributed by atoms with van der Waals surface area (Å²) in [6, 6.07) is 0.239. The fourth-order valence-corrected chi connectivity index (χ4v) is 1.26. The summed E-state index contributed by atoms with van der Waals surface area (Å²) in [5.74, 6) is 0.0678. The molecule has 5 heteroatoms. The van der Waals surface area contributed by atoms with Gasteiger partial charge in [-0.15, -0.1) is 0 Å². The van der Waals surface area contributed by atoms with E-state index in [-0.39, 0.29) is 18.2 Å². The third-order valence-electron chi connectivity index (χ3n) is 2.17. The van der Waals surface area contributed by atoms with Crippen LogP contribution in [-0.4, -0.2) is 44.0 Å².